The predicted molar refractivity (Wildman–Crippen MR) is 125 cm³/mol. The van der Waals surface area contributed by atoms with E-state index in [-0.39, 0.29) is 11.5 Å². The quantitative estimate of drug-likeness (QED) is 0.438. The molecule has 0 bridgehead atoms. The second kappa shape index (κ2) is 8.95. The second-order valence-corrected chi connectivity index (χ2v) is 9.15. The zero-order valence-corrected chi connectivity index (χ0v) is 18.4. The van der Waals surface area contributed by atoms with E-state index in [1.807, 2.05) is 24.3 Å². The van der Waals surface area contributed by atoms with E-state index in [9.17, 15) is 13.2 Å². The number of hydrogen-bond donors (Lipinski definition) is 1. The summed E-state index contributed by atoms with van der Waals surface area (Å²) < 4.78 is 39.4. The molecule has 32 heavy (non-hydrogen) atoms. The molecule has 4 rings (SSSR count). The van der Waals surface area contributed by atoms with Crippen molar-refractivity contribution < 1.29 is 13.2 Å². The lowest BCUT2D eigenvalue weighted by Crippen LogP contribution is -2.38. The van der Waals surface area contributed by atoms with Gasteiger partial charge in [0.05, 0.1) is 5.56 Å². The Hall–Kier alpha value is -2.85. The highest BCUT2D eigenvalue weighted by Gasteiger charge is 2.31. The molecule has 0 radical (unpaired) electrons. The number of hydrogen-bond acceptors (Lipinski definition) is 1. The molecule has 0 aliphatic carbocycles. The summed E-state index contributed by atoms with van der Waals surface area (Å²) in [7, 11) is 0. The average Bonchev–Trinajstić information content (AvgIpc) is 2.79. The van der Waals surface area contributed by atoms with E-state index >= 15 is 0 Å². The lowest BCUT2D eigenvalue weighted by Gasteiger charge is -2.33. The van der Waals surface area contributed by atoms with Crippen LogP contribution in [0.4, 0.5) is 13.2 Å². The van der Waals surface area contributed by atoms with E-state index in [0.29, 0.717) is 18.5 Å². The molecule has 1 N–H and O–H groups in total. The van der Waals surface area contributed by atoms with Crippen LogP contribution in [-0.4, -0.2) is 12.6 Å². The van der Waals surface area contributed by atoms with Crippen molar-refractivity contribution in [2.24, 2.45) is 0 Å². The maximum Gasteiger partial charge on any atom is 0.416 e. The minimum atomic E-state index is -4.32. The zero-order chi connectivity index (χ0) is 22.8. The molecule has 1 nitrogen and oxygen atoms in total. The van der Waals surface area contributed by atoms with Crippen molar-refractivity contribution in [3.05, 3.63) is 102 Å². The summed E-state index contributed by atoms with van der Waals surface area (Å²) in [6.45, 7) is 5.13. The number of rotatable bonds is 5. The van der Waals surface area contributed by atoms with Gasteiger partial charge in [-0.05, 0) is 58.2 Å². The van der Waals surface area contributed by atoms with Gasteiger partial charge >= 0.3 is 6.18 Å². The van der Waals surface area contributed by atoms with E-state index in [2.05, 4.69) is 55.6 Å². The van der Waals surface area contributed by atoms with Gasteiger partial charge in [0, 0.05) is 12.6 Å². The van der Waals surface area contributed by atoms with E-state index in [4.69, 9.17) is 0 Å². The van der Waals surface area contributed by atoms with Gasteiger partial charge in [0.15, 0.2) is 0 Å². The molecule has 1 atom stereocenters. The van der Waals surface area contributed by atoms with E-state index in [1.54, 1.807) is 6.07 Å². The van der Waals surface area contributed by atoms with E-state index < -0.39 is 11.7 Å². The summed E-state index contributed by atoms with van der Waals surface area (Å²) >= 11 is 0. The first kappa shape index (κ1) is 22.3. The first-order valence-electron chi connectivity index (χ1n) is 11.0. The fourth-order valence-corrected chi connectivity index (χ4v) is 4.52. The first-order valence-corrected chi connectivity index (χ1v) is 11.0. The van der Waals surface area contributed by atoms with Crippen LogP contribution in [-0.2, 0) is 11.6 Å². The summed E-state index contributed by atoms with van der Waals surface area (Å²) in [6.07, 6.45) is -0.703. The second-order valence-electron chi connectivity index (χ2n) is 9.15. The molecule has 0 saturated carbocycles. The monoisotopic (exact) mass is 435 g/mol. The molecule has 0 spiro atoms. The van der Waals surface area contributed by atoms with E-state index in [1.165, 1.54) is 28.8 Å². The molecular weight excluding hydrogens is 407 g/mol. The van der Waals surface area contributed by atoms with Crippen LogP contribution in [0.5, 0.6) is 0 Å². The molecule has 1 heterocycles. The average molecular weight is 436 g/mol. The van der Waals surface area contributed by atoms with Gasteiger partial charge in [-0.15, -0.1) is 0 Å². The van der Waals surface area contributed by atoms with Gasteiger partial charge in [-0.1, -0.05) is 86.7 Å². The van der Waals surface area contributed by atoms with Gasteiger partial charge in [-0.25, -0.2) is 0 Å². The van der Waals surface area contributed by atoms with Crippen LogP contribution in [0.25, 0.3) is 16.7 Å². The summed E-state index contributed by atoms with van der Waals surface area (Å²) in [5.74, 6) is 0. The van der Waals surface area contributed by atoms with Crippen LogP contribution in [0.15, 0.2) is 84.9 Å². The minimum absolute atomic E-state index is 0.0663. The standard InChI is InChI=1S/C28H28F3N/c1-27(2,24-13-11-21(12-14-24)20-7-4-3-5-8-20)19-26-18-23(15-16-32-26)22-9-6-10-25(17-22)28(29,30)31/h3-15,17,26,32H,16,18-19H2,1-2H3. The van der Waals surface area contributed by atoms with E-state index in [0.717, 1.165) is 18.1 Å². The Labute approximate surface area is 188 Å². The number of halogens is 3. The number of nitrogens with one attached hydrogen (secondary N) is 1. The topological polar surface area (TPSA) is 12.0 Å². The highest BCUT2D eigenvalue weighted by molar-refractivity contribution is 5.68. The maximum atomic E-state index is 13.1. The Kier molecular flexibility index (Phi) is 6.25. The lowest BCUT2D eigenvalue weighted by molar-refractivity contribution is -0.137. The van der Waals surface area contributed by atoms with Crippen molar-refractivity contribution in [2.75, 3.05) is 6.54 Å². The molecule has 3 aromatic carbocycles. The van der Waals surface area contributed by atoms with Gasteiger partial charge in [0.2, 0.25) is 0 Å². The van der Waals surface area contributed by atoms with Crippen molar-refractivity contribution >= 4 is 5.57 Å². The van der Waals surface area contributed by atoms with Crippen LogP contribution in [0.3, 0.4) is 0 Å². The van der Waals surface area contributed by atoms with Crippen molar-refractivity contribution in [1.82, 2.24) is 5.32 Å². The molecule has 1 aliphatic heterocycles. The molecule has 0 aromatic heterocycles. The summed E-state index contributed by atoms with van der Waals surface area (Å²) in [5.41, 5.74) is 4.63. The summed E-state index contributed by atoms with van der Waals surface area (Å²) in [5, 5.41) is 3.53. The third-order valence-corrected chi connectivity index (χ3v) is 6.31. The van der Waals surface area contributed by atoms with Crippen molar-refractivity contribution in [1.29, 1.82) is 0 Å². The first-order chi connectivity index (χ1) is 15.2. The third-order valence-electron chi connectivity index (χ3n) is 6.31. The molecule has 3 aromatic rings. The van der Waals surface area contributed by atoms with Crippen LogP contribution in [0.1, 0.15) is 43.4 Å². The zero-order valence-electron chi connectivity index (χ0n) is 18.4. The van der Waals surface area contributed by atoms with Gasteiger partial charge in [0.25, 0.3) is 0 Å². The van der Waals surface area contributed by atoms with Gasteiger partial charge < -0.3 is 5.32 Å². The Bertz CT molecular complexity index is 1080. The lowest BCUT2D eigenvalue weighted by atomic mass is 9.76. The van der Waals surface area contributed by atoms with Crippen molar-refractivity contribution in [2.45, 2.75) is 44.3 Å². The van der Waals surface area contributed by atoms with Crippen LogP contribution in [0.2, 0.25) is 0 Å². The Morgan fingerprint density at radius 2 is 1.44 bits per heavy atom. The van der Waals surface area contributed by atoms with Gasteiger partial charge in [-0.2, -0.15) is 13.2 Å². The molecule has 0 fully saturated rings. The molecule has 4 heteroatoms. The van der Waals surface area contributed by atoms with Crippen molar-refractivity contribution in [3.8, 4) is 11.1 Å². The minimum Gasteiger partial charge on any atom is -0.310 e. The van der Waals surface area contributed by atoms with Crippen LogP contribution >= 0.6 is 0 Å². The summed E-state index contributed by atoms with van der Waals surface area (Å²) in [6, 6.07) is 24.9. The third kappa shape index (κ3) is 5.13. The van der Waals surface area contributed by atoms with Gasteiger partial charge in [0.1, 0.15) is 0 Å². The Morgan fingerprint density at radius 3 is 2.12 bits per heavy atom. The normalized spacial score (nSPS) is 17.2. The molecule has 0 amide bonds. The number of benzene rings is 3. The molecule has 1 aliphatic rings. The van der Waals surface area contributed by atoms with Crippen LogP contribution in [0, 0.1) is 0 Å². The summed E-state index contributed by atoms with van der Waals surface area (Å²) in [4.78, 5) is 0. The largest absolute Gasteiger partial charge is 0.416 e. The maximum absolute atomic E-state index is 13.1. The highest BCUT2D eigenvalue weighted by atomic mass is 19.4. The predicted octanol–water partition coefficient (Wildman–Crippen LogP) is 7.49. The Morgan fingerprint density at radius 1 is 0.781 bits per heavy atom. The molecule has 1 unspecified atom stereocenters. The highest BCUT2D eigenvalue weighted by Crippen LogP contribution is 2.35. The fraction of sp³-hybridized carbons (Fsp3) is 0.286. The Balaban J connectivity index is 1.46. The number of alkyl halides is 3. The molecule has 166 valence electrons. The fourth-order valence-electron chi connectivity index (χ4n) is 4.52. The van der Waals surface area contributed by atoms with Crippen LogP contribution < -0.4 is 5.32 Å². The van der Waals surface area contributed by atoms with Crippen molar-refractivity contribution in [3.63, 3.8) is 0 Å². The SMILES string of the molecule is CC(C)(CC1CC(c2cccc(C(F)(F)F)c2)=CCN1)c1ccc(-c2ccccc2)cc1. The smallest absolute Gasteiger partial charge is 0.310 e. The molecule has 0 saturated heterocycles. The van der Waals surface area contributed by atoms with Gasteiger partial charge in [-0.3, -0.25) is 0 Å². The molecular formula is C28H28F3N.